The first-order valence-electron chi connectivity index (χ1n) is 4.26. The van der Waals surface area contributed by atoms with E-state index in [2.05, 4.69) is 21.3 Å². The number of halogens is 2. The molecule has 84 valence electrons. The van der Waals surface area contributed by atoms with Crippen LogP contribution in [0.2, 0.25) is 0 Å². The largest absolute Gasteiger partial charge is 0.459 e. The smallest absolute Gasteiger partial charge is 0.387 e. The maximum atomic E-state index is 11.9. The van der Waals surface area contributed by atoms with Crippen molar-refractivity contribution in [3.8, 4) is 17.6 Å². The van der Waals surface area contributed by atoms with Gasteiger partial charge in [-0.25, -0.2) is 4.79 Å². The Balaban J connectivity index is 2.81. The molecule has 1 aromatic carbocycles. The second-order valence-corrected chi connectivity index (χ2v) is 2.65. The summed E-state index contributed by atoms with van der Waals surface area (Å²) in [5.74, 6) is 3.93. The molecule has 0 saturated carbocycles. The van der Waals surface area contributed by atoms with Crippen molar-refractivity contribution in [3.05, 3.63) is 29.8 Å². The fourth-order valence-corrected chi connectivity index (χ4v) is 0.924. The van der Waals surface area contributed by atoms with Crippen LogP contribution in [0.5, 0.6) is 5.75 Å². The number of methoxy groups -OCH3 is 1. The molecule has 0 N–H and O–H groups in total. The second-order valence-electron chi connectivity index (χ2n) is 2.65. The molecule has 0 aromatic heterocycles. The van der Waals surface area contributed by atoms with Gasteiger partial charge in [0, 0.05) is 11.5 Å². The Kier molecular flexibility index (Phi) is 4.28. The summed E-state index contributed by atoms with van der Waals surface area (Å²) in [6, 6.07) is 5.74. The van der Waals surface area contributed by atoms with Crippen LogP contribution in [-0.2, 0) is 9.53 Å². The second kappa shape index (κ2) is 5.71. The normalized spacial score (nSPS) is 9.25. The summed E-state index contributed by atoms with van der Waals surface area (Å²) in [5.41, 5.74) is 0.392. The molecule has 0 aliphatic heterocycles. The van der Waals surface area contributed by atoms with Crippen molar-refractivity contribution in [2.45, 2.75) is 6.61 Å². The Labute approximate surface area is 91.0 Å². The van der Waals surface area contributed by atoms with E-state index in [9.17, 15) is 13.6 Å². The number of ether oxygens (including phenoxy) is 2. The lowest BCUT2D eigenvalue weighted by Gasteiger charge is -2.03. The highest BCUT2D eigenvalue weighted by atomic mass is 19.3. The molecule has 0 fully saturated rings. The lowest BCUT2D eigenvalue weighted by molar-refractivity contribution is -0.133. The summed E-state index contributed by atoms with van der Waals surface area (Å²) in [7, 11) is 1.20. The fourth-order valence-electron chi connectivity index (χ4n) is 0.924. The van der Waals surface area contributed by atoms with E-state index >= 15 is 0 Å². The summed E-state index contributed by atoms with van der Waals surface area (Å²) < 4.78 is 32.3. The maximum Gasteiger partial charge on any atom is 0.387 e. The minimum atomic E-state index is -2.89. The summed E-state index contributed by atoms with van der Waals surface area (Å²) in [5, 5.41) is 0. The molecule has 3 nitrogen and oxygen atoms in total. The number of alkyl halides is 2. The number of esters is 1. The van der Waals surface area contributed by atoms with Gasteiger partial charge in [0.1, 0.15) is 5.75 Å². The average Bonchev–Trinajstić information content (AvgIpc) is 2.25. The predicted molar refractivity (Wildman–Crippen MR) is 52.0 cm³/mol. The Bertz CT molecular complexity index is 432. The highest BCUT2D eigenvalue weighted by Crippen LogP contribution is 2.15. The standard InChI is InChI=1S/C11H8F2O3/c1-15-10(14)6-5-8-3-2-4-9(7-8)16-11(12)13/h2-4,7,11H,1H3. The summed E-state index contributed by atoms with van der Waals surface area (Å²) in [4.78, 5) is 10.7. The molecular weight excluding hydrogens is 218 g/mol. The van der Waals surface area contributed by atoms with Crippen molar-refractivity contribution in [2.24, 2.45) is 0 Å². The first-order chi connectivity index (χ1) is 7.61. The van der Waals surface area contributed by atoms with E-state index in [1.54, 1.807) is 6.07 Å². The van der Waals surface area contributed by atoms with Gasteiger partial charge in [0.15, 0.2) is 0 Å². The summed E-state index contributed by atoms with van der Waals surface area (Å²) >= 11 is 0. The van der Waals surface area contributed by atoms with Crippen LogP contribution < -0.4 is 4.74 Å². The molecule has 16 heavy (non-hydrogen) atoms. The first kappa shape index (κ1) is 12.0. The van der Waals surface area contributed by atoms with Gasteiger partial charge in [0.2, 0.25) is 0 Å². The third-order valence-electron chi connectivity index (χ3n) is 1.55. The van der Waals surface area contributed by atoms with Gasteiger partial charge < -0.3 is 9.47 Å². The van der Waals surface area contributed by atoms with E-state index in [0.717, 1.165) is 0 Å². The molecule has 0 saturated heterocycles. The number of hydrogen-bond acceptors (Lipinski definition) is 3. The Morgan fingerprint density at radius 3 is 2.81 bits per heavy atom. The van der Waals surface area contributed by atoms with Gasteiger partial charge in [-0.2, -0.15) is 8.78 Å². The number of rotatable bonds is 2. The quantitative estimate of drug-likeness (QED) is 0.570. The zero-order chi connectivity index (χ0) is 12.0. The molecule has 0 aliphatic carbocycles. The zero-order valence-electron chi connectivity index (χ0n) is 8.37. The molecule has 1 aromatic rings. The third kappa shape index (κ3) is 3.96. The topological polar surface area (TPSA) is 35.5 Å². The van der Waals surface area contributed by atoms with Crippen molar-refractivity contribution in [2.75, 3.05) is 7.11 Å². The minimum absolute atomic E-state index is 0.00772. The number of hydrogen-bond donors (Lipinski definition) is 0. The van der Waals surface area contributed by atoms with Crippen LogP contribution in [0.3, 0.4) is 0 Å². The van der Waals surface area contributed by atoms with E-state index in [1.165, 1.54) is 25.3 Å². The van der Waals surface area contributed by atoms with E-state index in [0.29, 0.717) is 5.56 Å². The number of carbonyl (C=O) groups is 1. The number of carbonyl (C=O) groups excluding carboxylic acids is 1. The molecule has 0 heterocycles. The van der Waals surface area contributed by atoms with Crippen LogP contribution >= 0.6 is 0 Å². The Morgan fingerprint density at radius 2 is 2.19 bits per heavy atom. The summed E-state index contributed by atoms with van der Waals surface area (Å²) in [6.07, 6.45) is 0. The highest BCUT2D eigenvalue weighted by molar-refractivity contribution is 5.89. The molecule has 0 spiro atoms. The average molecular weight is 226 g/mol. The van der Waals surface area contributed by atoms with Crippen molar-refractivity contribution in [1.82, 2.24) is 0 Å². The van der Waals surface area contributed by atoms with Crippen molar-refractivity contribution in [1.29, 1.82) is 0 Å². The molecule has 0 atom stereocenters. The Morgan fingerprint density at radius 1 is 1.44 bits per heavy atom. The molecule has 1 rings (SSSR count). The molecule has 0 radical (unpaired) electrons. The van der Waals surface area contributed by atoms with Crippen molar-refractivity contribution >= 4 is 5.97 Å². The first-order valence-corrected chi connectivity index (χ1v) is 4.26. The van der Waals surface area contributed by atoms with Crippen molar-refractivity contribution < 1.29 is 23.0 Å². The number of benzene rings is 1. The summed E-state index contributed by atoms with van der Waals surface area (Å²) in [6.45, 7) is -2.89. The molecular formula is C11H8F2O3. The van der Waals surface area contributed by atoms with E-state index in [4.69, 9.17) is 0 Å². The third-order valence-corrected chi connectivity index (χ3v) is 1.55. The van der Waals surface area contributed by atoms with Crippen LogP contribution in [0.4, 0.5) is 8.78 Å². The van der Waals surface area contributed by atoms with Gasteiger partial charge in [-0.1, -0.05) is 12.0 Å². The minimum Gasteiger partial charge on any atom is -0.459 e. The fraction of sp³-hybridized carbons (Fsp3) is 0.182. The van der Waals surface area contributed by atoms with Gasteiger partial charge in [0.25, 0.3) is 0 Å². The SMILES string of the molecule is COC(=O)C#Cc1cccc(OC(F)F)c1. The molecule has 5 heteroatoms. The van der Waals surface area contributed by atoms with Crippen LogP contribution in [0, 0.1) is 11.8 Å². The van der Waals surface area contributed by atoms with Crippen LogP contribution in [-0.4, -0.2) is 19.7 Å². The molecule has 0 aliphatic rings. The van der Waals surface area contributed by atoms with E-state index < -0.39 is 12.6 Å². The Hall–Kier alpha value is -2.09. The predicted octanol–water partition coefficient (Wildman–Crippen LogP) is 1.81. The molecule has 0 amide bonds. The van der Waals surface area contributed by atoms with Gasteiger partial charge in [-0.05, 0) is 18.2 Å². The maximum absolute atomic E-state index is 11.9. The highest BCUT2D eigenvalue weighted by Gasteiger charge is 2.03. The van der Waals surface area contributed by atoms with Crippen LogP contribution in [0.1, 0.15) is 5.56 Å². The lowest BCUT2D eigenvalue weighted by atomic mass is 10.2. The molecule has 0 unspecified atom stereocenters. The van der Waals surface area contributed by atoms with Gasteiger partial charge in [0.05, 0.1) is 7.11 Å². The monoisotopic (exact) mass is 226 g/mol. The lowest BCUT2D eigenvalue weighted by Crippen LogP contribution is -2.01. The van der Waals surface area contributed by atoms with E-state index in [1.807, 2.05) is 0 Å². The van der Waals surface area contributed by atoms with Gasteiger partial charge in [-0.15, -0.1) is 0 Å². The van der Waals surface area contributed by atoms with Crippen molar-refractivity contribution in [3.63, 3.8) is 0 Å². The molecule has 0 bridgehead atoms. The van der Waals surface area contributed by atoms with E-state index in [-0.39, 0.29) is 5.75 Å². The van der Waals surface area contributed by atoms with Crippen LogP contribution in [0.25, 0.3) is 0 Å². The van der Waals surface area contributed by atoms with Crippen LogP contribution in [0.15, 0.2) is 24.3 Å². The van der Waals surface area contributed by atoms with Gasteiger partial charge in [-0.3, -0.25) is 0 Å². The van der Waals surface area contributed by atoms with Gasteiger partial charge >= 0.3 is 12.6 Å². The zero-order valence-corrected chi connectivity index (χ0v) is 8.37.